The van der Waals surface area contributed by atoms with Crippen LogP contribution in [0, 0.1) is 0 Å². The van der Waals surface area contributed by atoms with E-state index in [9.17, 15) is 0 Å². The van der Waals surface area contributed by atoms with E-state index in [4.69, 9.17) is 32.7 Å². The van der Waals surface area contributed by atoms with Crippen LogP contribution in [0.1, 0.15) is 38.2 Å². The van der Waals surface area contributed by atoms with E-state index >= 15 is 0 Å². The lowest BCUT2D eigenvalue weighted by Crippen LogP contribution is -2.08. The van der Waals surface area contributed by atoms with Crippen molar-refractivity contribution in [1.29, 1.82) is 0 Å². The zero-order valence-electron chi connectivity index (χ0n) is 15.0. The summed E-state index contributed by atoms with van der Waals surface area (Å²) in [7, 11) is 6.08. The number of rotatable bonds is 8. The van der Waals surface area contributed by atoms with Crippen molar-refractivity contribution in [3.05, 3.63) is 39.9 Å². The highest BCUT2D eigenvalue weighted by atomic mass is 35.5. The van der Waals surface area contributed by atoms with Crippen LogP contribution in [0.4, 0.5) is 0 Å². The van der Waals surface area contributed by atoms with Crippen molar-refractivity contribution in [3.8, 4) is 22.6 Å². The second-order valence-electron chi connectivity index (χ2n) is 5.96. The number of ether oxygens (including phenoxy) is 2. The molecule has 0 radical (unpaired) electrons. The Morgan fingerprint density at radius 1 is 1.00 bits per heavy atom. The quantitative estimate of drug-likeness (QED) is 0.383. The molecular formula is C20H25Cl2O2P. The monoisotopic (exact) mass is 398 g/mol. The first-order valence-corrected chi connectivity index (χ1v) is 9.86. The molecule has 0 heterocycles. The highest BCUT2D eigenvalue weighted by molar-refractivity contribution is 7.28. The van der Waals surface area contributed by atoms with E-state index in [1.54, 1.807) is 14.2 Å². The molecule has 0 N–H and O–H groups in total. The van der Waals surface area contributed by atoms with Gasteiger partial charge in [0.25, 0.3) is 0 Å². The van der Waals surface area contributed by atoms with Crippen LogP contribution in [0.3, 0.4) is 0 Å². The van der Waals surface area contributed by atoms with Crippen LogP contribution in [0.25, 0.3) is 11.1 Å². The molecule has 0 spiro atoms. The van der Waals surface area contributed by atoms with Crippen molar-refractivity contribution >= 4 is 37.7 Å². The summed E-state index contributed by atoms with van der Waals surface area (Å²) in [5.74, 6) is 1.52. The molecule has 0 aliphatic carbocycles. The molecule has 2 aromatic rings. The molecule has 136 valence electrons. The van der Waals surface area contributed by atoms with Gasteiger partial charge in [0, 0.05) is 0 Å². The molecular weight excluding hydrogens is 374 g/mol. The summed E-state index contributed by atoms with van der Waals surface area (Å²) >= 11 is 12.8. The summed E-state index contributed by atoms with van der Waals surface area (Å²) in [5, 5.41) is 2.08. The molecule has 2 rings (SSSR count). The average Bonchev–Trinajstić information content (AvgIpc) is 2.63. The molecule has 5 heteroatoms. The van der Waals surface area contributed by atoms with E-state index in [0.717, 1.165) is 40.8 Å². The van der Waals surface area contributed by atoms with Crippen molar-refractivity contribution in [2.45, 2.75) is 39.0 Å². The first-order chi connectivity index (χ1) is 12.0. The molecule has 1 atom stereocenters. The third-order valence-electron chi connectivity index (χ3n) is 4.34. The minimum Gasteiger partial charge on any atom is -0.496 e. The van der Waals surface area contributed by atoms with Crippen molar-refractivity contribution in [3.63, 3.8) is 0 Å². The predicted octanol–water partition coefficient (Wildman–Crippen LogP) is 6.30. The maximum atomic E-state index is 6.41. The molecule has 25 heavy (non-hydrogen) atoms. The van der Waals surface area contributed by atoms with Crippen molar-refractivity contribution in [1.82, 2.24) is 0 Å². The summed E-state index contributed by atoms with van der Waals surface area (Å²) in [5.41, 5.74) is 3.11. The molecule has 0 amide bonds. The van der Waals surface area contributed by atoms with Crippen LogP contribution in [0.5, 0.6) is 11.5 Å². The van der Waals surface area contributed by atoms with Crippen LogP contribution in [0.2, 0.25) is 10.0 Å². The number of halogens is 2. The fraction of sp³-hybridized carbons (Fsp3) is 0.400. The van der Waals surface area contributed by atoms with Crippen LogP contribution >= 0.6 is 32.4 Å². The Balaban J connectivity index is 2.60. The molecule has 2 aromatic carbocycles. The molecule has 0 saturated heterocycles. The Morgan fingerprint density at radius 2 is 1.64 bits per heavy atom. The molecule has 0 aliphatic heterocycles. The number of benzene rings is 2. The number of methoxy groups -OCH3 is 2. The first kappa shape index (κ1) is 20.4. The third kappa shape index (κ3) is 4.61. The summed E-state index contributed by atoms with van der Waals surface area (Å²) in [6, 6.07) is 7.71. The molecule has 0 saturated carbocycles. The van der Waals surface area contributed by atoms with Gasteiger partial charge in [-0.15, -0.1) is 9.24 Å². The maximum absolute atomic E-state index is 6.41. The number of unbranched alkanes of at least 4 members (excludes halogenated alkanes) is 3. The van der Waals surface area contributed by atoms with Gasteiger partial charge in [-0.1, -0.05) is 55.5 Å². The first-order valence-electron chi connectivity index (χ1n) is 8.52. The van der Waals surface area contributed by atoms with Gasteiger partial charge in [-0.05, 0) is 47.5 Å². The maximum Gasteiger partial charge on any atom is 0.130 e. The Kier molecular flexibility index (Phi) is 7.87. The van der Waals surface area contributed by atoms with Crippen LogP contribution in [-0.2, 0) is 6.42 Å². The Hall–Kier alpha value is -0.950. The minimum absolute atomic E-state index is 0.534. The Labute approximate surface area is 163 Å². The van der Waals surface area contributed by atoms with Crippen LogP contribution in [0.15, 0.2) is 24.3 Å². The van der Waals surface area contributed by atoms with E-state index in [2.05, 4.69) is 16.2 Å². The largest absolute Gasteiger partial charge is 0.496 e. The van der Waals surface area contributed by atoms with Crippen LogP contribution in [-0.4, -0.2) is 14.2 Å². The zero-order valence-corrected chi connectivity index (χ0v) is 17.7. The average molecular weight is 399 g/mol. The van der Waals surface area contributed by atoms with Crippen molar-refractivity contribution in [2.75, 3.05) is 14.2 Å². The fourth-order valence-electron chi connectivity index (χ4n) is 3.02. The van der Waals surface area contributed by atoms with Gasteiger partial charge < -0.3 is 9.47 Å². The van der Waals surface area contributed by atoms with Gasteiger partial charge >= 0.3 is 0 Å². The third-order valence-corrected chi connectivity index (χ3v) is 5.97. The van der Waals surface area contributed by atoms with Crippen LogP contribution < -0.4 is 14.8 Å². The molecule has 0 fully saturated rings. The van der Waals surface area contributed by atoms with E-state index in [-0.39, 0.29) is 0 Å². The second-order valence-corrected chi connectivity index (χ2v) is 7.32. The smallest absolute Gasteiger partial charge is 0.130 e. The fourth-order valence-corrected chi connectivity index (χ4v) is 3.95. The van der Waals surface area contributed by atoms with Gasteiger partial charge in [-0.3, -0.25) is 0 Å². The lowest BCUT2D eigenvalue weighted by atomic mass is 9.94. The van der Waals surface area contributed by atoms with Gasteiger partial charge in [0.2, 0.25) is 0 Å². The predicted molar refractivity (Wildman–Crippen MR) is 112 cm³/mol. The number of hydrogen-bond acceptors (Lipinski definition) is 2. The van der Waals surface area contributed by atoms with Gasteiger partial charge in [-0.25, -0.2) is 0 Å². The van der Waals surface area contributed by atoms with Crippen molar-refractivity contribution in [2.24, 2.45) is 0 Å². The summed E-state index contributed by atoms with van der Waals surface area (Å²) in [6.45, 7) is 2.21. The standard InChI is InChI=1S/C20H25Cl2O2P/c1-4-5-6-7-9-13-14(12-15(21)19(22)20(13)25)18-16(23-2)10-8-11-17(18)24-3/h8,10-12H,4-7,9,25H2,1-3H3. The van der Waals surface area contributed by atoms with Gasteiger partial charge in [-0.2, -0.15) is 0 Å². The lowest BCUT2D eigenvalue weighted by Gasteiger charge is -2.19. The lowest BCUT2D eigenvalue weighted by molar-refractivity contribution is 0.397. The summed E-state index contributed by atoms with van der Waals surface area (Å²) < 4.78 is 11.2. The Bertz CT molecular complexity index is 710. The molecule has 2 nitrogen and oxygen atoms in total. The topological polar surface area (TPSA) is 18.5 Å². The minimum atomic E-state index is 0.534. The van der Waals surface area contributed by atoms with Gasteiger partial charge in [0.05, 0.1) is 29.8 Å². The van der Waals surface area contributed by atoms with Crippen molar-refractivity contribution < 1.29 is 9.47 Å². The van der Waals surface area contributed by atoms with E-state index in [1.807, 2.05) is 24.3 Å². The molecule has 0 bridgehead atoms. The highest BCUT2D eigenvalue weighted by Crippen LogP contribution is 2.42. The molecule has 0 aliphatic rings. The van der Waals surface area contributed by atoms with E-state index in [0.29, 0.717) is 10.0 Å². The normalized spacial score (nSPS) is 10.8. The SMILES string of the molecule is CCCCCCc1c(-c2c(OC)cccc2OC)cc(Cl)c(Cl)c1P. The number of hydrogen-bond donors (Lipinski definition) is 0. The van der Waals surface area contributed by atoms with Gasteiger partial charge in [0.15, 0.2) is 0 Å². The zero-order chi connectivity index (χ0) is 18.4. The summed E-state index contributed by atoms with van der Waals surface area (Å²) in [4.78, 5) is 0. The van der Waals surface area contributed by atoms with Gasteiger partial charge in [0.1, 0.15) is 11.5 Å². The summed E-state index contributed by atoms with van der Waals surface area (Å²) in [6.07, 6.45) is 5.69. The molecule has 1 unspecified atom stereocenters. The highest BCUT2D eigenvalue weighted by Gasteiger charge is 2.20. The Morgan fingerprint density at radius 3 is 2.20 bits per heavy atom. The second kappa shape index (κ2) is 9.67. The van der Waals surface area contributed by atoms with E-state index in [1.165, 1.54) is 24.8 Å². The van der Waals surface area contributed by atoms with E-state index < -0.39 is 0 Å². The molecule has 0 aromatic heterocycles.